The highest BCUT2D eigenvalue weighted by atomic mass is 32.2. The lowest BCUT2D eigenvalue weighted by atomic mass is 10.2. The van der Waals surface area contributed by atoms with Gasteiger partial charge in [0, 0.05) is 17.8 Å². The topological polar surface area (TPSA) is 89.3 Å². The van der Waals surface area contributed by atoms with Crippen molar-refractivity contribution in [3.05, 3.63) is 24.3 Å². The number of sulfone groups is 1. The van der Waals surface area contributed by atoms with Gasteiger partial charge in [0.05, 0.1) is 11.5 Å². The van der Waals surface area contributed by atoms with Crippen molar-refractivity contribution in [3.63, 3.8) is 0 Å². The van der Waals surface area contributed by atoms with E-state index in [1.54, 1.807) is 24.3 Å². The molecule has 1 unspecified atom stereocenters. The van der Waals surface area contributed by atoms with E-state index >= 15 is 0 Å². The molecule has 5 nitrogen and oxygen atoms in total. The molecular formula is C15H24N2O3S. The molecular weight excluding hydrogens is 288 g/mol. The number of nitrogen functional groups attached to an aromatic ring is 1. The number of hydrogen-bond donors (Lipinski definition) is 2. The molecule has 0 aliphatic carbocycles. The van der Waals surface area contributed by atoms with Crippen molar-refractivity contribution in [2.24, 2.45) is 5.92 Å². The van der Waals surface area contributed by atoms with Crippen LogP contribution in [0.2, 0.25) is 0 Å². The molecule has 0 spiro atoms. The van der Waals surface area contributed by atoms with Gasteiger partial charge < -0.3 is 11.1 Å². The number of nitrogens with two attached hydrogens (primary N) is 1. The van der Waals surface area contributed by atoms with Gasteiger partial charge in [-0.25, -0.2) is 8.42 Å². The van der Waals surface area contributed by atoms with Gasteiger partial charge in [0.25, 0.3) is 0 Å². The minimum Gasteiger partial charge on any atom is -0.399 e. The van der Waals surface area contributed by atoms with Gasteiger partial charge in [0.2, 0.25) is 5.91 Å². The fourth-order valence-electron chi connectivity index (χ4n) is 1.93. The normalized spacial score (nSPS) is 12.9. The summed E-state index contributed by atoms with van der Waals surface area (Å²) >= 11 is 0. The summed E-state index contributed by atoms with van der Waals surface area (Å²) in [5.41, 5.74) is 6.82. The summed E-state index contributed by atoms with van der Waals surface area (Å²) in [4.78, 5) is 11.7. The number of rotatable bonds is 8. The molecule has 0 aliphatic rings. The second-order valence-corrected chi connectivity index (χ2v) is 7.63. The van der Waals surface area contributed by atoms with Gasteiger partial charge in [-0.15, -0.1) is 0 Å². The number of hydrogen-bond acceptors (Lipinski definition) is 4. The number of anilines is 2. The molecule has 1 aromatic carbocycles. The lowest BCUT2D eigenvalue weighted by Gasteiger charge is -2.09. The van der Waals surface area contributed by atoms with E-state index in [-0.39, 0.29) is 29.8 Å². The molecule has 0 fully saturated rings. The zero-order valence-electron chi connectivity index (χ0n) is 12.6. The first-order chi connectivity index (χ1) is 9.82. The highest BCUT2D eigenvalue weighted by Crippen LogP contribution is 2.13. The third-order valence-corrected chi connectivity index (χ3v) is 5.25. The molecule has 3 N–H and O–H groups in total. The molecule has 0 heterocycles. The maximum Gasteiger partial charge on any atom is 0.224 e. The second-order valence-electron chi connectivity index (χ2n) is 5.40. The van der Waals surface area contributed by atoms with Crippen LogP contribution in [-0.4, -0.2) is 25.8 Å². The van der Waals surface area contributed by atoms with E-state index in [0.717, 1.165) is 6.42 Å². The Bertz CT molecular complexity index is 570. The van der Waals surface area contributed by atoms with Crippen molar-refractivity contribution in [2.45, 2.75) is 33.1 Å². The van der Waals surface area contributed by atoms with Crippen LogP contribution >= 0.6 is 0 Å². The number of nitrogens with one attached hydrogen (secondary N) is 1. The Morgan fingerprint density at radius 2 is 2.10 bits per heavy atom. The molecule has 21 heavy (non-hydrogen) atoms. The maximum atomic E-state index is 11.8. The van der Waals surface area contributed by atoms with E-state index in [4.69, 9.17) is 5.73 Å². The zero-order valence-corrected chi connectivity index (χ0v) is 13.4. The molecule has 1 atom stereocenters. The lowest BCUT2D eigenvalue weighted by Crippen LogP contribution is -2.18. The Morgan fingerprint density at radius 3 is 2.71 bits per heavy atom. The van der Waals surface area contributed by atoms with Gasteiger partial charge >= 0.3 is 0 Å². The summed E-state index contributed by atoms with van der Waals surface area (Å²) < 4.78 is 23.7. The van der Waals surface area contributed by atoms with Crippen LogP contribution < -0.4 is 11.1 Å². The minimum atomic E-state index is -3.07. The average molecular weight is 312 g/mol. The van der Waals surface area contributed by atoms with E-state index < -0.39 is 9.84 Å². The van der Waals surface area contributed by atoms with Crippen molar-refractivity contribution in [2.75, 3.05) is 22.6 Å². The fourth-order valence-corrected chi connectivity index (χ4v) is 3.78. The SMILES string of the molecule is CCC(C)CS(=O)(=O)CCCC(=O)Nc1cccc(N)c1. The lowest BCUT2D eigenvalue weighted by molar-refractivity contribution is -0.116. The number of carbonyl (C=O) groups excluding carboxylic acids is 1. The summed E-state index contributed by atoms with van der Waals surface area (Å²) in [5.74, 6) is 0.220. The molecule has 118 valence electrons. The van der Waals surface area contributed by atoms with Crippen molar-refractivity contribution in [3.8, 4) is 0 Å². The Hall–Kier alpha value is -1.56. The molecule has 0 radical (unpaired) electrons. The van der Waals surface area contributed by atoms with Gasteiger partial charge in [0.1, 0.15) is 0 Å². The molecule has 0 bridgehead atoms. The molecule has 0 saturated carbocycles. The summed E-state index contributed by atoms with van der Waals surface area (Å²) in [6.07, 6.45) is 1.37. The van der Waals surface area contributed by atoms with Crippen molar-refractivity contribution in [1.29, 1.82) is 0 Å². The van der Waals surface area contributed by atoms with E-state index in [1.807, 2.05) is 13.8 Å². The molecule has 1 aromatic rings. The number of benzene rings is 1. The van der Waals surface area contributed by atoms with Crippen LogP contribution in [0.25, 0.3) is 0 Å². The predicted molar refractivity (Wildman–Crippen MR) is 86.8 cm³/mol. The molecule has 0 aromatic heterocycles. The third kappa shape index (κ3) is 7.13. The van der Waals surface area contributed by atoms with Crippen molar-refractivity contribution >= 4 is 27.1 Å². The summed E-state index contributed by atoms with van der Waals surface area (Å²) in [6.45, 7) is 3.89. The molecule has 1 rings (SSSR count). The second kappa shape index (κ2) is 8.02. The Labute approximate surface area is 126 Å². The van der Waals surface area contributed by atoms with Gasteiger partial charge in [-0.3, -0.25) is 4.79 Å². The first-order valence-corrected chi connectivity index (χ1v) is 9.00. The van der Waals surface area contributed by atoms with Crippen LogP contribution in [0.1, 0.15) is 33.1 Å². The van der Waals surface area contributed by atoms with Gasteiger partial charge in [-0.2, -0.15) is 0 Å². The summed E-state index contributed by atoms with van der Waals surface area (Å²) in [6, 6.07) is 6.89. The van der Waals surface area contributed by atoms with Crippen molar-refractivity contribution < 1.29 is 13.2 Å². The van der Waals surface area contributed by atoms with Crippen LogP contribution in [0.3, 0.4) is 0 Å². The van der Waals surface area contributed by atoms with Gasteiger partial charge in [0.15, 0.2) is 9.84 Å². The van der Waals surface area contributed by atoms with E-state index in [9.17, 15) is 13.2 Å². The monoisotopic (exact) mass is 312 g/mol. The number of amides is 1. The quantitative estimate of drug-likeness (QED) is 0.722. The molecule has 1 amide bonds. The van der Waals surface area contributed by atoms with E-state index in [2.05, 4.69) is 5.32 Å². The first-order valence-electron chi connectivity index (χ1n) is 7.18. The highest BCUT2D eigenvalue weighted by Gasteiger charge is 2.15. The third-order valence-electron chi connectivity index (χ3n) is 3.26. The van der Waals surface area contributed by atoms with Crippen LogP contribution in [0, 0.1) is 5.92 Å². The van der Waals surface area contributed by atoms with Gasteiger partial charge in [-0.05, 0) is 30.5 Å². The maximum absolute atomic E-state index is 11.8. The Morgan fingerprint density at radius 1 is 1.38 bits per heavy atom. The van der Waals surface area contributed by atoms with Crippen LogP contribution in [0.15, 0.2) is 24.3 Å². The van der Waals surface area contributed by atoms with Gasteiger partial charge in [-0.1, -0.05) is 26.3 Å². The minimum absolute atomic E-state index is 0.0572. The fraction of sp³-hybridized carbons (Fsp3) is 0.533. The number of carbonyl (C=O) groups is 1. The predicted octanol–water partition coefficient (Wildman–Crippen LogP) is 2.45. The molecule has 0 aliphatic heterocycles. The average Bonchev–Trinajstić information content (AvgIpc) is 2.37. The van der Waals surface area contributed by atoms with Crippen molar-refractivity contribution in [1.82, 2.24) is 0 Å². The smallest absolute Gasteiger partial charge is 0.224 e. The van der Waals surface area contributed by atoms with Crippen LogP contribution in [0.5, 0.6) is 0 Å². The molecule has 0 saturated heterocycles. The van der Waals surface area contributed by atoms with Crippen LogP contribution in [-0.2, 0) is 14.6 Å². The largest absolute Gasteiger partial charge is 0.399 e. The standard InChI is InChI=1S/C15H24N2O3S/c1-3-12(2)11-21(19,20)9-5-8-15(18)17-14-7-4-6-13(16)10-14/h4,6-7,10,12H,3,5,8-9,11,16H2,1-2H3,(H,17,18). The van der Waals surface area contributed by atoms with E-state index in [1.165, 1.54) is 0 Å². The Balaban J connectivity index is 2.37. The highest BCUT2D eigenvalue weighted by molar-refractivity contribution is 7.91. The summed E-state index contributed by atoms with van der Waals surface area (Å²) in [5, 5.41) is 2.71. The van der Waals surface area contributed by atoms with Crippen LogP contribution in [0.4, 0.5) is 11.4 Å². The van der Waals surface area contributed by atoms with E-state index in [0.29, 0.717) is 17.8 Å². The zero-order chi connectivity index (χ0) is 15.9. The molecule has 6 heteroatoms. The Kier molecular flexibility index (Phi) is 6.68. The first kappa shape index (κ1) is 17.5. The summed E-state index contributed by atoms with van der Waals surface area (Å²) in [7, 11) is -3.07.